The van der Waals surface area contributed by atoms with Gasteiger partial charge in [-0.05, 0) is 30.0 Å². The van der Waals surface area contributed by atoms with E-state index in [1.54, 1.807) is 4.40 Å². The number of rotatable bonds is 1. The third kappa shape index (κ3) is 3.36. The molecule has 0 saturated carbocycles. The molecule has 2 aliphatic rings. The summed E-state index contributed by atoms with van der Waals surface area (Å²) in [5.74, 6) is -1.09. The second-order valence-electron chi connectivity index (χ2n) is 10.1. The monoisotopic (exact) mass is 499 g/mol. The van der Waals surface area contributed by atoms with E-state index in [-0.39, 0.29) is 29.2 Å². The molecule has 0 spiro atoms. The first-order valence-corrected chi connectivity index (χ1v) is 11.3. The van der Waals surface area contributed by atoms with Crippen LogP contribution in [0.25, 0.3) is 16.6 Å². The summed E-state index contributed by atoms with van der Waals surface area (Å²) >= 11 is 0. The van der Waals surface area contributed by atoms with E-state index in [1.807, 2.05) is 13.8 Å². The van der Waals surface area contributed by atoms with Gasteiger partial charge in [-0.1, -0.05) is 19.9 Å². The average Bonchev–Trinajstić information content (AvgIpc) is 3.41. The predicted octanol–water partition coefficient (Wildman–Crippen LogP) is 5.00. The Morgan fingerprint density at radius 2 is 1.97 bits per heavy atom. The molecule has 186 valence electrons. The minimum atomic E-state index is -4.52. The smallest absolute Gasteiger partial charge is 0.416 e. The maximum Gasteiger partial charge on any atom is 0.416 e. The Balaban J connectivity index is 1.46. The van der Waals surface area contributed by atoms with Gasteiger partial charge in [0.05, 0.1) is 40.7 Å². The fourth-order valence-electron chi connectivity index (χ4n) is 5.39. The Hall–Kier alpha value is -3.89. The molecular formula is C25H21F4N5O2. The van der Waals surface area contributed by atoms with Crippen LogP contribution in [0.2, 0.25) is 0 Å². The topological polar surface area (TPSA) is 85.8 Å². The molecule has 11 heteroatoms. The van der Waals surface area contributed by atoms with E-state index in [0.717, 1.165) is 18.2 Å². The summed E-state index contributed by atoms with van der Waals surface area (Å²) in [4.78, 5) is 23.7. The van der Waals surface area contributed by atoms with Crippen LogP contribution >= 0.6 is 0 Å². The number of hydrogen-bond donors (Lipinski definition) is 1. The SMILES string of the molecule is CC1(C)C[C@H]2Oc3cc(C(F)(F)F)ccc3[C@H]2N(C(=O)c2cc3c(cc2F)nc(N)c2cncn23)C1. The van der Waals surface area contributed by atoms with Crippen molar-refractivity contribution < 1.29 is 27.1 Å². The number of nitrogens with two attached hydrogens (primary N) is 1. The number of halogens is 4. The zero-order valence-electron chi connectivity index (χ0n) is 19.3. The molecule has 2 N–H and O–H groups in total. The fourth-order valence-corrected chi connectivity index (χ4v) is 5.39. The van der Waals surface area contributed by atoms with Crippen molar-refractivity contribution in [3.63, 3.8) is 0 Å². The summed E-state index contributed by atoms with van der Waals surface area (Å²) in [5.41, 5.74) is 6.24. The maximum atomic E-state index is 15.3. The van der Waals surface area contributed by atoms with Crippen LogP contribution in [0.3, 0.4) is 0 Å². The largest absolute Gasteiger partial charge is 0.488 e. The van der Waals surface area contributed by atoms with Gasteiger partial charge in [0.25, 0.3) is 5.91 Å². The van der Waals surface area contributed by atoms with Gasteiger partial charge in [0, 0.05) is 18.2 Å². The molecule has 2 atom stereocenters. The lowest BCUT2D eigenvalue weighted by molar-refractivity contribution is -0.137. The molecule has 1 fully saturated rings. The van der Waals surface area contributed by atoms with E-state index in [9.17, 15) is 18.0 Å². The molecule has 1 amide bonds. The molecule has 0 radical (unpaired) electrons. The van der Waals surface area contributed by atoms with Crippen molar-refractivity contribution in [2.45, 2.75) is 38.6 Å². The van der Waals surface area contributed by atoms with Gasteiger partial charge in [-0.25, -0.2) is 14.4 Å². The molecule has 2 aliphatic heterocycles. The van der Waals surface area contributed by atoms with E-state index in [1.165, 1.54) is 29.6 Å². The Morgan fingerprint density at radius 3 is 2.72 bits per heavy atom. The van der Waals surface area contributed by atoms with Crippen LogP contribution in [-0.4, -0.2) is 37.8 Å². The number of carbonyl (C=O) groups excluding carboxylic acids is 1. The molecule has 2 aromatic heterocycles. The Labute approximate surface area is 202 Å². The number of aromatic nitrogens is 3. The molecule has 2 aromatic carbocycles. The summed E-state index contributed by atoms with van der Waals surface area (Å²) in [6.07, 6.45) is -1.53. The van der Waals surface area contributed by atoms with Gasteiger partial charge in [0.15, 0.2) is 0 Å². The Bertz CT molecular complexity index is 1560. The van der Waals surface area contributed by atoms with Crippen LogP contribution in [0.15, 0.2) is 42.9 Å². The Kier molecular flexibility index (Phi) is 4.58. The molecule has 4 aromatic rings. The first-order chi connectivity index (χ1) is 16.9. The number of carbonyl (C=O) groups is 1. The second-order valence-corrected chi connectivity index (χ2v) is 10.1. The van der Waals surface area contributed by atoms with Crippen molar-refractivity contribution in [2.24, 2.45) is 5.41 Å². The van der Waals surface area contributed by atoms with Crippen LogP contribution in [0.5, 0.6) is 5.75 Å². The number of ether oxygens (including phenoxy) is 1. The molecule has 36 heavy (non-hydrogen) atoms. The van der Waals surface area contributed by atoms with Crippen LogP contribution in [0.4, 0.5) is 23.4 Å². The molecule has 0 aliphatic carbocycles. The summed E-state index contributed by atoms with van der Waals surface area (Å²) in [7, 11) is 0. The summed E-state index contributed by atoms with van der Waals surface area (Å²) in [5, 5.41) is 0. The number of piperidine rings is 1. The number of benzene rings is 2. The average molecular weight is 499 g/mol. The van der Waals surface area contributed by atoms with E-state index >= 15 is 4.39 Å². The van der Waals surface area contributed by atoms with Crippen molar-refractivity contribution in [3.8, 4) is 5.75 Å². The molecule has 0 unspecified atom stereocenters. The number of anilines is 1. The van der Waals surface area contributed by atoms with Gasteiger partial charge >= 0.3 is 6.18 Å². The maximum absolute atomic E-state index is 15.3. The van der Waals surface area contributed by atoms with Crippen molar-refractivity contribution in [1.82, 2.24) is 19.3 Å². The van der Waals surface area contributed by atoms with Crippen LogP contribution in [0, 0.1) is 11.2 Å². The number of imidazole rings is 1. The lowest BCUT2D eigenvalue weighted by Gasteiger charge is -2.45. The number of fused-ring (bicyclic) bond motifs is 6. The summed E-state index contributed by atoms with van der Waals surface area (Å²) in [6.45, 7) is 4.15. The number of nitrogen functional groups attached to an aromatic ring is 1. The standard InChI is InChI=1S/C25H21F4N5O2/c1-24(2)8-20-21(13-4-3-12(25(27,28)29)5-19(13)36-20)33(10-24)23(35)14-6-17-16(7-15(14)26)32-22(30)18-9-31-11-34(17)18/h3-7,9,11,20-21H,8,10H2,1-2H3,(H2,30,32)/t20-,21-/m1/s1. The predicted molar refractivity (Wildman–Crippen MR) is 123 cm³/mol. The summed E-state index contributed by atoms with van der Waals surface area (Å²) < 4.78 is 62.7. The van der Waals surface area contributed by atoms with E-state index in [4.69, 9.17) is 10.5 Å². The second kappa shape index (κ2) is 7.31. The lowest BCUT2D eigenvalue weighted by Crippen LogP contribution is -2.51. The number of alkyl halides is 3. The highest BCUT2D eigenvalue weighted by Crippen LogP contribution is 2.50. The highest BCUT2D eigenvalue weighted by atomic mass is 19.4. The quantitative estimate of drug-likeness (QED) is 0.373. The van der Waals surface area contributed by atoms with Crippen LogP contribution < -0.4 is 10.5 Å². The number of hydrogen-bond acceptors (Lipinski definition) is 5. The van der Waals surface area contributed by atoms with Crippen molar-refractivity contribution in [2.75, 3.05) is 12.3 Å². The van der Waals surface area contributed by atoms with Crippen molar-refractivity contribution >= 4 is 28.3 Å². The van der Waals surface area contributed by atoms with Crippen molar-refractivity contribution in [3.05, 3.63) is 65.4 Å². The first-order valence-electron chi connectivity index (χ1n) is 11.3. The zero-order chi connectivity index (χ0) is 25.6. The van der Waals surface area contributed by atoms with Gasteiger partial charge in [-0.2, -0.15) is 13.2 Å². The molecule has 0 bridgehead atoms. The number of nitrogens with zero attached hydrogens (tertiary/aromatic N) is 4. The molecule has 7 nitrogen and oxygen atoms in total. The Morgan fingerprint density at radius 1 is 1.19 bits per heavy atom. The molecule has 4 heterocycles. The van der Waals surface area contributed by atoms with Gasteiger partial charge in [0.2, 0.25) is 0 Å². The van der Waals surface area contributed by atoms with Crippen LogP contribution in [0.1, 0.15) is 47.8 Å². The van der Waals surface area contributed by atoms with Crippen LogP contribution in [-0.2, 0) is 6.18 Å². The highest BCUT2D eigenvalue weighted by Gasteiger charge is 2.49. The molecule has 1 saturated heterocycles. The zero-order valence-corrected chi connectivity index (χ0v) is 19.3. The highest BCUT2D eigenvalue weighted by molar-refractivity contribution is 5.99. The molecular weight excluding hydrogens is 478 g/mol. The first kappa shape index (κ1) is 22.6. The fraction of sp³-hybridized carbons (Fsp3) is 0.320. The number of amides is 1. The van der Waals surface area contributed by atoms with Gasteiger partial charge in [0.1, 0.15) is 29.0 Å². The lowest BCUT2D eigenvalue weighted by atomic mass is 9.78. The van der Waals surface area contributed by atoms with E-state index in [0.29, 0.717) is 23.0 Å². The van der Waals surface area contributed by atoms with Gasteiger partial charge in [-0.3, -0.25) is 9.20 Å². The van der Waals surface area contributed by atoms with E-state index < -0.39 is 41.0 Å². The van der Waals surface area contributed by atoms with Gasteiger partial charge in [-0.15, -0.1) is 0 Å². The third-order valence-corrected chi connectivity index (χ3v) is 6.93. The number of likely N-dealkylation sites (tertiary alicyclic amines) is 1. The van der Waals surface area contributed by atoms with E-state index in [2.05, 4.69) is 9.97 Å². The summed E-state index contributed by atoms with van der Waals surface area (Å²) in [6, 6.07) is 5.21. The molecule has 6 rings (SSSR count). The third-order valence-electron chi connectivity index (χ3n) is 6.93. The normalized spacial score (nSPS) is 20.9. The van der Waals surface area contributed by atoms with Crippen molar-refractivity contribution in [1.29, 1.82) is 0 Å². The minimum absolute atomic E-state index is 0.0918. The minimum Gasteiger partial charge on any atom is -0.488 e. The van der Waals surface area contributed by atoms with Gasteiger partial charge < -0.3 is 15.4 Å².